The van der Waals surface area contributed by atoms with E-state index in [9.17, 15) is 9.59 Å². The highest BCUT2D eigenvalue weighted by Gasteiger charge is 2.31. The number of para-hydroxylation sites is 1. The third-order valence-corrected chi connectivity index (χ3v) is 7.09. The van der Waals surface area contributed by atoms with Crippen molar-refractivity contribution in [1.29, 1.82) is 0 Å². The fourth-order valence-electron chi connectivity index (χ4n) is 5.03. The number of nitrogens with zero attached hydrogens (tertiary/aromatic N) is 2. The molecule has 0 spiro atoms. The summed E-state index contributed by atoms with van der Waals surface area (Å²) in [5.41, 5.74) is 2.18. The molecule has 2 N–H and O–H groups in total. The van der Waals surface area contributed by atoms with Gasteiger partial charge in [-0.1, -0.05) is 48.5 Å². The Morgan fingerprint density at radius 3 is 2.12 bits per heavy atom. The van der Waals surface area contributed by atoms with Crippen molar-refractivity contribution in [1.82, 2.24) is 15.1 Å². The molecule has 1 unspecified atom stereocenters. The van der Waals surface area contributed by atoms with Crippen LogP contribution in [0.3, 0.4) is 0 Å². The number of likely N-dealkylation sites (tertiary alicyclic amines) is 2. The van der Waals surface area contributed by atoms with Crippen LogP contribution in [-0.4, -0.2) is 60.0 Å². The lowest BCUT2D eigenvalue weighted by Gasteiger charge is -2.39. The summed E-state index contributed by atoms with van der Waals surface area (Å²) in [6, 6.07) is 20.0. The number of urea groups is 1. The first-order valence-electron chi connectivity index (χ1n) is 12.3. The molecule has 2 aromatic rings. The van der Waals surface area contributed by atoms with E-state index >= 15 is 0 Å². The third kappa shape index (κ3) is 6.57. The molecule has 0 saturated carbocycles. The number of piperidine rings is 2. The fourth-order valence-corrected chi connectivity index (χ4v) is 5.03. The molecule has 33 heavy (non-hydrogen) atoms. The summed E-state index contributed by atoms with van der Waals surface area (Å²) in [7, 11) is 0. The van der Waals surface area contributed by atoms with Gasteiger partial charge in [0.15, 0.2) is 0 Å². The molecule has 0 aliphatic carbocycles. The molecule has 0 bridgehead atoms. The molecule has 2 heterocycles. The molecule has 2 aliphatic rings. The Labute approximate surface area is 197 Å². The second kappa shape index (κ2) is 11.3. The molecule has 2 fully saturated rings. The van der Waals surface area contributed by atoms with Gasteiger partial charge in [0, 0.05) is 37.9 Å². The Morgan fingerprint density at radius 1 is 0.879 bits per heavy atom. The van der Waals surface area contributed by atoms with Crippen LogP contribution < -0.4 is 10.6 Å². The molecule has 176 valence electrons. The molecule has 6 heteroatoms. The van der Waals surface area contributed by atoms with Gasteiger partial charge in [-0.3, -0.25) is 9.69 Å². The Kier molecular flexibility index (Phi) is 8.00. The van der Waals surface area contributed by atoms with Gasteiger partial charge in [-0.2, -0.15) is 0 Å². The molecule has 6 nitrogen and oxygen atoms in total. The molecule has 2 aliphatic heterocycles. The van der Waals surface area contributed by atoms with Crippen LogP contribution in [0.2, 0.25) is 0 Å². The van der Waals surface area contributed by atoms with Crippen LogP contribution in [-0.2, 0) is 11.2 Å². The van der Waals surface area contributed by atoms with Gasteiger partial charge in [0.1, 0.15) is 0 Å². The molecule has 2 aromatic carbocycles. The quantitative estimate of drug-likeness (QED) is 0.698. The van der Waals surface area contributed by atoms with Gasteiger partial charge in [0.2, 0.25) is 5.91 Å². The molecular weight excluding hydrogens is 412 g/mol. The van der Waals surface area contributed by atoms with E-state index in [2.05, 4.69) is 50.8 Å². The minimum Gasteiger partial charge on any atom is -0.341 e. The van der Waals surface area contributed by atoms with E-state index in [1.165, 1.54) is 5.56 Å². The monoisotopic (exact) mass is 448 g/mol. The standard InChI is InChI=1S/C27H36N4O2/c1-21(26(32)31-16-12-23(13-17-31)20-22-8-4-2-5-9-22)30-18-14-25(15-19-30)29-27(33)28-24-10-6-3-7-11-24/h2-11,21,23,25H,12-20H2,1H3,(H2,28,29,33). The molecule has 1 atom stereocenters. The molecule has 2 saturated heterocycles. The molecule has 0 radical (unpaired) electrons. The van der Waals surface area contributed by atoms with Crippen LogP contribution in [0.5, 0.6) is 0 Å². The summed E-state index contributed by atoms with van der Waals surface area (Å²) in [5, 5.41) is 5.95. The summed E-state index contributed by atoms with van der Waals surface area (Å²) >= 11 is 0. The van der Waals surface area contributed by atoms with Crippen molar-refractivity contribution in [3.63, 3.8) is 0 Å². The summed E-state index contributed by atoms with van der Waals surface area (Å²) in [5.74, 6) is 0.914. The zero-order valence-corrected chi connectivity index (χ0v) is 19.6. The van der Waals surface area contributed by atoms with Gasteiger partial charge in [0.25, 0.3) is 0 Å². The highest BCUT2D eigenvalue weighted by atomic mass is 16.2. The lowest BCUT2D eigenvalue weighted by atomic mass is 9.90. The van der Waals surface area contributed by atoms with Gasteiger partial charge >= 0.3 is 6.03 Å². The van der Waals surface area contributed by atoms with E-state index in [1.807, 2.05) is 37.3 Å². The van der Waals surface area contributed by atoms with Crippen LogP contribution in [0, 0.1) is 5.92 Å². The average Bonchev–Trinajstić information content (AvgIpc) is 2.85. The minimum absolute atomic E-state index is 0.102. The first-order valence-corrected chi connectivity index (χ1v) is 12.3. The van der Waals surface area contributed by atoms with Gasteiger partial charge in [0.05, 0.1) is 6.04 Å². The second-order valence-corrected chi connectivity index (χ2v) is 9.41. The Bertz CT molecular complexity index is 889. The lowest BCUT2D eigenvalue weighted by Crippen LogP contribution is -2.53. The van der Waals surface area contributed by atoms with Crippen molar-refractivity contribution in [3.05, 3.63) is 66.2 Å². The maximum atomic E-state index is 13.1. The normalized spacial score (nSPS) is 19.1. The fraction of sp³-hybridized carbons (Fsp3) is 0.481. The van der Waals surface area contributed by atoms with E-state index in [1.54, 1.807) is 0 Å². The van der Waals surface area contributed by atoms with Crippen molar-refractivity contribution in [3.8, 4) is 0 Å². The number of hydrogen-bond acceptors (Lipinski definition) is 3. The Morgan fingerprint density at radius 2 is 1.48 bits per heavy atom. The van der Waals surface area contributed by atoms with Crippen molar-refractivity contribution in [2.45, 2.75) is 51.1 Å². The van der Waals surface area contributed by atoms with Crippen LogP contribution in [0.25, 0.3) is 0 Å². The molecule has 3 amide bonds. The van der Waals surface area contributed by atoms with E-state index in [4.69, 9.17) is 0 Å². The van der Waals surface area contributed by atoms with E-state index in [0.717, 1.165) is 64.0 Å². The van der Waals surface area contributed by atoms with Crippen LogP contribution in [0.4, 0.5) is 10.5 Å². The smallest absolute Gasteiger partial charge is 0.319 e. The molecule has 0 aromatic heterocycles. The second-order valence-electron chi connectivity index (χ2n) is 9.41. The van der Waals surface area contributed by atoms with E-state index in [-0.39, 0.29) is 24.0 Å². The number of anilines is 1. The van der Waals surface area contributed by atoms with Crippen molar-refractivity contribution in [2.24, 2.45) is 5.92 Å². The maximum absolute atomic E-state index is 13.1. The van der Waals surface area contributed by atoms with Crippen molar-refractivity contribution >= 4 is 17.6 Å². The number of rotatable bonds is 6. The molecule has 4 rings (SSSR count). The summed E-state index contributed by atoms with van der Waals surface area (Å²) in [4.78, 5) is 29.7. The topological polar surface area (TPSA) is 64.7 Å². The number of benzene rings is 2. The van der Waals surface area contributed by atoms with Crippen molar-refractivity contribution in [2.75, 3.05) is 31.5 Å². The van der Waals surface area contributed by atoms with E-state index in [0.29, 0.717) is 5.92 Å². The predicted octanol–water partition coefficient (Wildman–Crippen LogP) is 4.14. The zero-order valence-electron chi connectivity index (χ0n) is 19.6. The highest BCUT2D eigenvalue weighted by molar-refractivity contribution is 5.89. The van der Waals surface area contributed by atoms with E-state index < -0.39 is 0 Å². The van der Waals surface area contributed by atoms with Crippen molar-refractivity contribution < 1.29 is 9.59 Å². The number of amides is 3. The summed E-state index contributed by atoms with van der Waals surface area (Å²) in [6.07, 6.45) is 4.99. The van der Waals surface area contributed by atoms with Crippen LogP contribution >= 0.6 is 0 Å². The highest BCUT2D eigenvalue weighted by Crippen LogP contribution is 2.23. The average molecular weight is 449 g/mol. The van der Waals surface area contributed by atoms with Gasteiger partial charge in [-0.25, -0.2) is 4.79 Å². The first-order chi connectivity index (χ1) is 16.1. The zero-order chi connectivity index (χ0) is 23.0. The van der Waals surface area contributed by atoms with Gasteiger partial charge in [-0.05, 0) is 62.6 Å². The van der Waals surface area contributed by atoms with Crippen LogP contribution in [0.15, 0.2) is 60.7 Å². The van der Waals surface area contributed by atoms with Gasteiger partial charge in [-0.15, -0.1) is 0 Å². The molecular formula is C27H36N4O2. The third-order valence-electron chi connectivity index (χ3n) is 7.09. The lowest BCUT2D eigenvalue weighted by molar-refractivity contribution is -0.138. The Balaban J connectivity index is 1.17. The maximum Gasteiger partial charge on any atom is 0.319 e. The largest absolute Gasteiger partial charge is 0.341 e. The first kappa shape index (κ1) is 23.3. The number of hydrogen-bond donors (Lipinski definition) is 2. The number of carbonyl (C=O) groups excluding carboxylic acids is 2. The Hall–Kier alpha value is -2.86. The van der Waals surface area contributed by atoms with Crippen LogP contribution in [0.1, 0.15) is 38.2 Å². The predicted molar refractivity (Wildman–Crippen MR) is 132 cm³/mol. The van der Waals surface area contributed by atoms with Gasteiger partial charge < -0.3 is 15.5 Å². The number of carbonyl (C=O) groups is 2. The minimum atomic E-state index is -0.165. The SMILES string of the molecule is CC(C(=O)N1CCC(Cc2ccccc2)CC1)N1CCC(NC(=O)Nc2ccccc2)CC1. The summed E-state index contributed by atoms with van der Waals surface area (Å²) < 4.78 is 0. The number of nitrogens with one attached hydrogen (secondary N) is 2. The summed E-state index contributed by atoms with van der Waals surface area (Å²) in [6.45, 7) is 5.41.